The molecular weight excluding hydrogens is 376 g/mol. The van der Waals surface area contributed by atoms with Crippen molar-refractivity contribution >= 4 is 28.1 Å². The highest BCUT2D eigenvalue weighted by molar-refractivity contribution is 6.05. The summed E-state index contributed by atoms with van der Waals surface area (Å²) in [5, 5.41) is 13.5. The van der Waals surface area contributed by atoms with Gasteiger partial charge in [0.2, 0.25) is 0 Å². The molecule has 0 amide bonds. The third kappa shape index (κ3) is 3.79. The second-order valence-corrected chi connectivity index (χ2v) is 8.00. The van der Waals surface area contributed by atoms with Gasteiger partial charge in [0.15, 0.2) is 0 Å². The van der Waals surface area contributed by atoms with E-state index in [-0.39, 0.29) is 11.6 Å². The number of nitrogens with zero attached hydrogens (tertiary/aromatic N) is 3. The van der Waals surface area contributed by atoms with Gasteiger partial charge in [-0.25, -0.2) is 9.97 Å². The summed E-state index contributed by atoms with van der Waals surface area (Å²) in [6.07, 6.45) is 6.01. The third-order valence-electron chi connectivity index (χ3n) is 5.68. The van der Waals surface area contributed by atoms with Crippen LogP contribution in [0.25, 0.3) is 10.8 Å². The van der Waals surface area contributed by atoms with E-state index in [2.05, 4.69) is 28.3 Å². The summed E-state index contributed by atoms with van der Waals surface area (Å²) in [5.41, 5.74) is 9.07. The lowest BCUT2D eigenvalue weighted by molar-refractivity contribution is 0.672. The van der Waals surface area contributed by atoms with Crippen molar-refractivity contribution in [3.05, 3.63) is 57.8 Å². The normalized spacial score (nSPS) is 13.5. The maximum atomic E-state index is 13.3. The second-order valence-electron chi connectivity index (χ2n) is 8.00. The molecule has 4 N–H and O–H groups in total. The van der Waals surface area contributed by atoms with Crippen molar-refractivity contribution in [3.8, 4) is 0 Å². The van der Waals surface area contributed by atoms with Crippen molar-refractivity contribution < 1.29 is 0 Å². The highest BCUT2D eigenvalue weighted by atomic mass is 16.1. The van der Waals surface area contributed by atoms with Crippen molar-refractivity contribution in [3.63, 3.8) is 0 Å². The minimum Gasteiger partial charge on any atom is -0.383 e. The largest absolute Gasteiger partial charge is 0.383 e. The van der Waals surface area contributed by atoms with E-state index in [1.807, 2.05) is 29.7 Å². The zero-order valence-electron chi connectivity index (χ0n) is 17.5. The van der Waals surface area contributed by atoms with E-state index in [0.29, 0.717) is 35.9 Å². The van der Waals surface area contributed by atoms with Gasteiger partial charge in [-0.1, -0.05) is 31.5 Å². The molecule has 0 radical (unpaired) electrons. The molecule has 1 aromatic carbocycles. The molecule has 2 heterocycles. The average molecular weight is 405 g/mol. The van der Waals surface area contributed by atoms with Gasteiger partial charge in [0.05, 0.1) is 17.5 Å². The van der Waals surface area contributed by atoms with Gasteiger partial charge in [-0.05, 0) is 49.6 Å². The lowest BCUT2D eigenvalue weighted by atomic mass is 10.1. The number of nitrogen functional groups attached to an aromatic ring is 1. The van der Waals surface area contributed by atoms with Gasteiger partial charge in [-0.15, -0.1) is 0 Å². The lowest BCUT2D eigenvalue weighted by Gasteiger charge is -2.17. The fourth-order valence-electron chi connectivity index (χ4n) is 3.96. The van der Waals surface area contributed by atoms with Crippen LogP contribution in [0.4, 0.5) is 11.6 Å². The Morgan fingerprint density at radius 1 is 1.33 bits per heavy atom. The summed E-state index contributed by atoms with van der Waals surface area (Å²) >= 11 is 0. The molecule has 30 heavy (non-hydrogen) atoms. The van der Waals surface area contributed by atoms with Gasteiger partial charge < -0.3 is 21.0 Å². The van der Waals surface area contributed by atoms with Crippen LogP contribution in [0.1, 0.15) is 61.9 Å². The van der Waals surface area contributed by atoms with Crippen LogP contribution in [0.3, 0.4) is 0 Å². The summed E-state index contributed by atoms with van der Waals surface area (Å²) in [7, 11) is 0. The Hall–Kier alpha value is -3.22. The number of rotatable bonds is 8. The van der Waals surface area contributed by atoms with E-state index in [4.69, 9.17) is 11.1 Å². The van der Waals surface area contributed by atoms with Crippen molar-refractivity contribution in [2.24, 2.45) is 0 Å². The maximum Gasteiger partial charge on any atom is 0.259 e. The summed E-state index contributed by atoms with van der Waals surface area (Å²) in [4.78, 5) is 21.7. The number of hydrogen-bond acceptors (Lipinski definition) is 6. The number of unbranched alkanes of at least 4 members (excludes halogenated alkanes) is 1. The zero-order chi connectivity index (χ0) is 21.3. The molecule has 7 heteroatoms. The first-order valence-corrected chi connectivity index (χ1v) is 10.6. The number of pyridine rings is 1. The molecule has 0 spiro atoms. The topological polar surface area (TPSA) is 110 Å². The van der Waals surface area contributed by atoms with Crippen LogP contribution in [0.5, 0.6) is 0 Å². The Morgan fingerprint density at radius 2 is 2.13 bits per heavy atom. The van der Waals surface area contributed by atoms with Gasteiger partial charge in [-0.2, -0.15) is 0 Å². The molecule has 0 atom stereocenters. The molecule has 0 bridgehead atoms. The van der Waals surface area contributed by atoms with E-state index in [0.717, 1.165) is 47.7 Å². The number of nitrogens with one attached hydrogen (secondary N) is 2. The van der Waals surface area contributed by atoms with Gasteiger partial charge in [0.1, 0.15) is 18.0 Å². The van der Waals surface area contributed by atoms with E-state index in [1.165, 1.54) is 6.33 Å². The smallest absolute Gasteiger partial charge is 0.259 e. The number of aromatic nitrogens is 3. The second kappa shape index (κ2) is 8.26. The standard InChI is InChI=1S/C23H28N6O/c1-3-4-8-18(24)20-21(25)27-13-28-22(20)26-12-17-11-15-7-5-6-14(2)19(15)23(30)29(17)16-9-10-16/h5-7,11,13,16,24H,3-4,8-10,12H2,1-2H3,(H3,25,26,27,28). The predicted octanol–water partition coefficient (Wildman–Crippen LogP) is 4.19. The number of nitrogens with two attached hydrogens (primary N) is 1. The van der Waals surface area contributed by atoms with Crippen LogP contribution in [-0.2, 0) is 6.54 Å². The van der Waals surface area contributed by atoms with E-state index in [9.17, 15) is 4.79 Å². The molecule has 2 aromatic heterocycles. The van der Waals surface area contributed by atoms with E-state index >= 15 is 0 Å². The van der Waals surface area contributed by atoms with Crippen molar-refractivity contribution in [1.82, 2.24) is 14.5 Å². The van der Waals surface area contributed by atoms with E-state index in [1.54, 1.807) is 0 Å². The first kappa shape index (κ1) is 20.1. The van der Waals surface area contributed by atoms with E-state index < -0.39 is 0 Å². The molecule has 7 nitrogen and oxygen atoms in total. The van der Waals surface area contributed by atoms with Crippen molar-refractivity contribution in [1.29, 1.82) is 5.41 Å². The van der Waals surface area contributed by atoms with Crippen LogP contribution >= 0.6 is 0 Å². The predicted molar refractivity (Wildman–Crippen MR) is 121 cm³/mol. The number of fused-ring (bicyclic) bond motifs is 1. The summed E-state index contributed by atoms with van der Waals surface area (Å²) in [5.74, 6) is 0.852. The highest BCUT2D eigenvalue weighted by Crippen LogP contribution is 2.35. The molecule has 1 fully saturated rings. The lowest BCUT2D eigenvalue weighted by Crippen LogP contribution is -2.25. The fraction of sp³-hybridized carbons (Fsp3) is 0.391. The molecule has 0 saturated heterocycles. The third-order valence-corrected chi connectivity index (χ3v) is 5.68. The summed E-state index contributed by atoms with van der Waals surface area (Å²) in [6, 6.07) is 8.29. The van der Waals surface area contributed by atoms with Crippen LogP contribution in [0, 0.1) is 12.3 Å². The van der Waals surface area contributed by atoms with Gasteiger partial charge in [-0.3, -0.25) is 4.79 Å². The van der Waals surface area contributed by atoms with Crippen LogP contribution < -0.4 is 16.6 Å². The van der Waals surface area contributed by atoms with Gasteiger partial charge in [0, 0.05) is 17.4 Å². The summed E-state index contributed by atoms with van der Waals surface area (Å²) < 4.78 is 1.93. The number of aryl methyl sites for hydroxylation is 1. The number of hydrogen-bond donors (Lipinski definition) is 3. The molecule has 1 aliphatic rings. The summed E-state index contributed by atoms with van der Waals surface area (Å²) in [6.45, 7) is 4.51. The fourth-order valence-corrected chi connectivity index (χ4v) is 3.96. The van der Waals surface area contributed by atoms with Crippen molar-refractivity contribution in [2.75, 3.05) is 11.1 Å². The molecule has 4 rings (SSSR count). The van der Waals surface area contributed by atoms with Crippen molar-refractivity contribution in [2.45, 2.75) is 58.5 Å². The zero-order valence-corrected chi connectivity index (χ0v) is 17.5. The first-order chi connectivity index (χ1) is 14.5. The molecular formula is C23H28N6O. The first-order valence-electron chi connectivity index (χ1n) is 10.6. The SMILES string of the molecule is CCCCC(=N)c1c(N)ncnc1NCc1cc2cccc(C)c2c(=O)n1C1CC1. The molecule has 1 aliphatic carbocycles. The maximum absolute atomic E-state index is 13.3. The minimum absolute atomic E-state index is 0.0722. The molecule has 156 valence electrons. The number of benzene rings is 1. The Morgan fingerprint density at radius 3 is 2.87 bits per heavy atom. The Kier molecular flexibility index (Phi) is 5.53. The molecule has 1 saturated carbocycles. The van der Waals surface area contributed by atoms with Gasteiger partial charge >= 0.3 is 0 Å². The van der Waals surface area contributed by atoms with Crippen LogP contribution in [0.15, 0.2) is 35.4 Å². The molecule has 0 unspecified atom stereocenters. The quantitative estimate of drug-likeness (QED) is 0.488. The molecule has 0 aliphatic heterocycles. The van der Waals surface area contributed by atoms with Crippen LogP contribution in [0.2, 0.25) is 0 Å². The Balaban J connectivity index is 1.70. The van der Waals surface area contributed by atoms with Gasteiger partial charge in [0.25, 0.3) is 5.56 Å². The average Bonchev–Trinajstić information content (AvgIpc) is 3.55. The Bertz CT molecular complexity index is 1160. The Labute approximate surface area is 175 Å². The minimum atomic E-state index is 0.0722. The molecule has 3 aromatic rings. The van der Waals surface area contributed by atoms with Crippen LogP contribution in [-0.4, -0.2) is 20.2 Å². The monoisotopic (exact) mass is 404 g/mol. The highest BCUT2D eigenvalue weighted by Gasteiger charge is 2.28. The number of anilines is 2.